The van der Waals surface area contributed by atoms with Crippen molar-refractivity contribution in [2.24, 2.45) is 0 Å². The topological polar surface area (TPSA) is 81.7 Å². The number of imidazole rings is 1. The average Bonchev–Trinajstić information content (AvgIpc) is 3.29. The second-order valence-corrected chi connectivity index (χ2v) is 6.20. The van der Waals surface area contributed by atoms with Crippen LogP contribution in [0.1, 0.15) is 18.5 Å². The second kappa shape index (κ2) is 6.46. The predicted molar refractivity (Wildman–Crippen MR) is 92.8 cm³/mol. The van der Waals surface area contributed by atoms with E-state index >= 15 is 0 Å². The van der Waals surface area contributed by atoms with E-state index in [1.165, 1.54) is 4.68 Å². The number of aromatic nitrogens is 6. The number of aryl methyl sites for hydroxylation is 1. The van der Waals surface area contributed by atoms with Crippen molar-refractivity contribution in [2.75, 3.05) is 11.4 Å². The molecule has 4 heterocycles. The van der Waals surface area contributed by atoms with Gasteiger partial charge in [0, 0.05) is 25.0 Å². The summed E-state index contributed by atoms with van der Waals surface area (Å²) in [5.41, 5.74) is 0.788. The summed E-state index contributed by atoms with van der Waals surface area (Å²) in [5, 5.41) is 12.9. The summed E-state index contributed by atoms with van der Waals surface area (Å²) in [5.74, 6) is 1.53. The van der Waals surface area contributed by atoms with Crippen LogP contribution in [0.3, 0.4) is 0 Å². The van der Waals surface area contributed by atoms with E-state index in [2.05, 4.69) is 25.2 Å². The molecular formula is C17H19N7O. The lowest BCUT2D eigenvalue weighted by molar-refractivity contribution is 0.483. The highest BCUT2D eigenvalue weighted by molar-refractivity contribution is 5.40. The van der Waals surface area contributed by atoms with Gasteiger partial charge in [0.05, 0.1) is 18.3 Å². The molecule has 3 aromatic heterocycles. The average molecular weight is 337 g/mol. The first kappa shape index (κ1) is 15.5. The van der Waals surface area contributed by atoms with E-state index in [1.54, 1.807) is 35.4 Å². The number of hydrogen-bond donors (Lipinski definition) is 0. The van der Waals surface area contributed by atoms with Crippen molar-refractivity contribution in [3.8, 4) is 5.82 Å². The smallest absolute Gasteiger partial charge is 0.266 e. The maximum absolute atomic E-state index is 12.2. The lowest BCUT2D eigenvalue weighted by Gasteiger charge is -2.25. The lowest BCUT2D eigenvalue weighted by Crippen LogP contribution is -2.37. The Morgan fingerprint density at radius 2 is 2.04 bits per heavy atom. The van der Waals surface area contributed by atoms with Crippen LogP contribution in [0, 0.1) is 6.92 Å². The van der Waals surface area contributed by atoms with Gasteiger partial charge in [-0.05, 0) is 38.0 Å². The SMILES string of the molecule is Cc1ccc(N2CCCC2Cn2nc(-n3ccnc3)ccc2=O)nn1. The van der Waals surface area contributed by atoms with Gasteiger partial charge in [0.2, 0.25) is 0 Å². The summed E-state index contributed by atoms with van der Waals surface area (Å²) in [7, 11) is 0. The van der Waals surface area contributed by atoms with Gasteiger partial charge in [0.1, 0.15) is 6.33 Å². The molecule has 0 N–H and O–H groups in total. The van der Waals surface area contributed by atoms with E-state index in [1.807, 2.05) is 19.1 Å². The first-order valence-corrected chi connectivity index (χ1v) is 8.34. The zero-order chi connectivity index (χ0) is 17.2. The second-order valence-electron chi connectivity index (χ2n) is 6.20. The molecule has 128 valence electrons. The van der Waals surface area contributed by atoms with Crippen molar-refractivity contribution < 1.29 is 0 Å². The Kier molecular flexibility index (Phi) is 4.01. The van der Waals surface area contributed by atoms with Crippen LogP contribution in [0.15, 0.2) is 47.8 Å². The Balaban J connectivity index is 1.59. The lowest BCUT2D eigenvalue weighted by atomic mass is 10.2. The Morgan fingerprint density at radius 3 is 2.80 bits per heavy atom. The van der Waals surface area contributed by atoms with Gasteiger partial charge in [-0.2, -0.15) is 10.2 Å². The van der Waals surface area contributed by atoms with Crippen LogP contribution in [0.5, 0.6) is 0 Å². The molecule has 4 rings (SSSR count). The first-order chi connectivity index (χ1) is 12.2. The van der Waals surface area contributed by atoms with E-state index in [4.69, 9.17) is 0 Å². The molecule has 1 saturated heterocycles. The number of rotatable bonds is 4. The summed E-state index contributed by atoms with van der Waals surface area (Å²) in [4.78, 5) is 18.5. The summed E-state index contributed by atoms with van der Waals surface area (Å²) in [6.07, 6.45) is 7.23. The van der Waals surface area contributed by atoms with E-state index in [0.717, 1.165) is 30.9 Å². The molecule has 0 spiro atoms. The highest BCUT2D eigenvalue weighted by atomic mass is 16.1. The Bertz CT molecular complexity index is 902. The van der Waals surface area contributed by atoms with Crippen LogP contribution < -0.4 is 10.5 Å². The Labute approximate surface area is 144 Å². The van der Waals surface area contributed by atoms with Crippen LogP contribution in [-0.2, 0) is 6.54 Å². The summed E-state index contributed by atoms with van der Waals surface area (Å²) < 4.78 is 3.31. The number of anilines is 1. The van der Waals surface area contributed by atoms with Crippen molar-refractivity contribution in [3.63, 3.8) is 0 Å². The molecule has 8 nitrogen and oxygen atoms in total. The fourth-order valence-electron chi connectivity index (χ4n) is 3.17. The van der Waals surface area contributed by atoms with E-state index in [0.29, 0.717) is 12.4 Å². The molecule has 25 heavy (non-hydrogen) atoms. The van der Waals surface area contributed by atoms with Crippen molar-refractivity contribution >= 4 is 5.82 Å². The summed E-state index contributed by atoms with van der Waals surface area (Å²) >= 11 is 0. The highest BCUT2D eigenvalue weighted by Crippen LogP contribution is 2.24. The quantitative estimate of drug-likeness (QED) is 0.711. The van der Waals surface area contributed by atoms with Crippen LogP contribution in [-0.4, -0.2) is 42.1 Å². The number of hydrogen-bond acceptors (Lipinski definition) is 6. The minimum absolute atomic E-state index is 0.106. The normalized spacial score (nSPS) is 17.2. The van der Waals surface area contributed by atoms with Crippen LogP contribution in [0.4, 0.5) is 5.82 Å². The molecule has 1 unspecified atom stereocenters. The van der Waals surface area contributed by atoms with Gasteiger partial charge in [-0.3, -0.25) is 9.36 Å². The minimum Gasteiger partial charge on any atom is -0.350 e. The molecule has 3 aromatic rings. The van der Waals surface area contributed by atoms with Gasteiger partial charge in [0.25, 0.3) is 5.56 Å². The third-order valence-corrected chi connectivity index (χ3v) is 4.46. The maximum atomic E-state index is 12.2. The standard InChI is InChI=1S/C17H19N7O/c1-13-4-5-15(20-19-13)23-9-2-3-14(23)11-24-17(25)7-6-16(21-24)22-10-8-18-12-22/h4-8,10,12,14H,2-3,9,11H2,1H3. The predicted octanol–water partition coefficient (Wildman–Crippen LogP) is 1.20. The zero-order valence-corrected chi connectivity index (χ0v) is 14.0. The van der Waals surface area contributed by atoms with Crippen molar-refractivity contribution in [1.82, 2.24) is 29.5 Å². The third kappa shape index (κ3) is 3.15. The van der Waals surface area contributed by atoms with E-state index in [9.17, 15) is 4.79 Å². The molecule has 0 bridgehead atoms. The van der Waals surface area contributed by atoms with Crippen LogP contribution in [0.2, 0.25) is 0 Å². The molecule has 1 atom stereocenters. The molecule has 0 amide bonds. The summed E-state index contributed by atoms with van der Waals surface area (Å²) in [6, 6.07) is 7.38. The molecule has 8 heteroatoms. The molecule has 0 saturated carbocycles. The minimum atomic E-state index is -0.106. The van der Waals surface area contributed by atoms with Crippen LogP contribution >= 0.6 is 0 Å². The molecule has 1 fully saturated rings. The van der Waals surface area contributed by atoms with Gasteiger partial charge in [-0.25, -0.2) is 9.67 Å². The molecular weight excluding hydrogens is 318 g/mol. The molecule has 0 radical (unpaired) electrons. The van der Waals surface area contributed by atoms with Gasteiger partial charge in [-0.15, -0.1) is 5.10 Å². The Morgan fingerprint density at radius 1 is 1.16 bits per heavy atom. The molecule has 1 aliphatic rings. The highest BCUT2D eigenvalue weighted by Gasteiger charge is 2.27. The van der Waals surface area contributed by atoms with Crippen molar-refractivity contribution in [3.05, 3.63) is 59.0 Å². The maximum Gasteiger partial charge on any atom is 0.266 e. The van der Waals surface area contributed by atoms with Crippen LogP contribution in [0.25, 0.3) is 5.82 Å². The molecule has 1 aliphatic heterocycles. The largest absolute Gasteiger partial charge is 0.350 e. The van der Waals surface area contributed by atoms with Gasteiger partial charge in [-0.1, -0.05) is 0 Å². The summed E-state index contributed by atoms with van der Waals surface area (Å²) in [6.45, 7) is 3.36. The number of nitrogens with zero attached hydrogens (tertiary/aromatic N) is 7. The fourth-order valence-corrected chi connectivity index (χ4v) is 3.17. The van der Waals surface area contributed by atoms with Crippen molar-refractivity contribution in [2.45, 2.75) is 32.4 Å². The van der Waals surface area contributed by atoms with E-state index < -0.39 is 0 Å². The molecule has 0 aromatic carbocycles. The Hall–Kier alpha value is -3.03. The van der Waals surface area contributed by atoms with Crippen molar-refractivity contribution in [1.29, 1.82) is 0 Å². The van der Waals surface area contributed by atoms with Gasteiger partial charge >= 0.3 is 0 Å². The first-order valence-electron chi connectivity index (χ1n) is 8.34. The third-order valence-electron chi connectivity index (χ3n) is 4.46. The fraction of sp³-hybridized carbons (Fsp3) is 0.353. The monoisotopic (exact) mass is 337 g/mol. The zero-order valence-electron chi connectivity index (χ0n) is 14.0. The van der Waals surface area contributed by atoms with Gasteiger partial charge < -0.3 is 4.90 Å². The molecule has 0 aliphatic carbocycles. The van der Waals surface area contributed by atoms with E-state index in [-0.39, 0.29) is 11.6 Å². The van der Waals surface area contributed by atoms with Gasteiger partial charge in [0.15, 0.2) is 11.6 Å².